The number of carbonyl (C=O) groups is 2. The maximum absolute atomic E-state index is 12.6. The largest absolute Gasteiger partial charge is 0.340 e. The molecule has 1 heterocycles. The topological polar surface area (TPSA) is 52.7 Å². The molecule has 0 saturated carbocycles. The second-order valence-electron chi connectivity index (χ2n) is 7.27. The first-order chi connectivity index (χ1) is 13.4. The van der Waals surface area contributed by atoms with Crippen LogP contribution in [-0.4, -0.2) is 54.3 Å². The summed E-state index contributed by atoms with van der Waals surface area (Å²) in [5.74, 6) is 0.133. The number of halogens is 1. The molecule has 1 fully saturated rings. The second kappa shape index (κ2) is 9.34. The number of benzene rings is 2. The van der Waals surface area contributed by atoms with Crippen molar-refractivity contribution in [2.45, 2.75) is 20.3 Å². The van der Waals surface area contributed by atoms with Crippen molar-refractivity contribution in [2.24, 2.45) is 0 Å². The normalized spacial score (nSPS) is 14.8. The van der Waals surface area contributed by atoms with Crippen molar-refractivity contribution in [3.63, 3.8) is 0 Å². The Labute approximate surface area is 174 Å². The molecular weight excluding hydrogens is 418 g/mol. The van der Waals surface area contributed by atoms with E-state index in [1.807, 2.05) is 61.2 Å². The van der Waals surface area contributed by atoms with Crippen LogP contribution in [0.3, 0.4) is 0 Å². The summed E-state index contributed by atoms with van der Waals surface area (Å²) in [5, 5.41) is 2.98. The van der Waals surface area contributed by atoms with Crippen LogP contribution >= 0.6 is 15.9 Å². The van der Waals surface area contributed by atoms with Crippen molar-refractivity contribution in [3.8, 4) is 0 Å². The summed E-state index contributed by atoms with van der Waals surface area (Å²) in [4.78, 5) is 28.9. The number of aryl methyl sites for hydroxylation is 2. The highest BCUT2D eigenvalue weighted by atomic mass is 79.9. The molecule has 0 aliphatic carbocycles. The molecule has 2 amide bonds. The zero-order valence-electron chi connectivity index (χ0n) is 16.4. The molecule has 0 unspecified atom stereocenters. The smallest absolute Gasteiger partial charge is 0.238 e. The minimum Gasteiger partial charge on any atom is -0.340 e. The fourth-order valence-electron chi connectivity index (χ4n) is 3.40. The van der Waals surface area contributed by atoms with E-state index in [2.05, 4.69) is 26.1 Å². The molecule has 0 atom stereocenters. The van der Waals surface area contributed by atoms with E-state index in [1.165, 1.54) is 0 Å². The first kappa shape index (κ1) is 20.6. The molecule has 1 aliphatic rings. The Morgan fingerprint density at radius 1 is 1.00 bits per heavy atom. The molecule has 148 valence electrons. The van der Waals surface area contributed by atoms with E-state index in [-0.39, 0.29) is 11.8 Å². The quantitative estimate of drug-likeness (QED) is 0.770. The highest BCUT2D eigenvalue weighted by Crippen LogP contribution is 2.20. The zero-order valence-corrected chi connectivity index (χ0v) is 18.0. The van der Waals surface area contributed by atoms with Gasteiger partial charge in [-0.15, -0.1) is 0 Å². The van der Waals surface area contributed by atoms with Crippen LogP contribution in [0, 0.1) is 13.8 Å². The lowest BCUT2D eigenvalue weighted by molar-refractivity contribution is -0.132. The first-order valence-electron chi connectivity index (χ1n) is 9.53. The third-order valence-corrected chi connectivity index (χ3v) is 5.65. The summed E-state index contributed by atoms with van der Waals surface area (Å²) in [5.41, 5.74) is 4.09. The third kappa shape index (κ3) is 5.42. The number of amides is 2. The van der Waals surface area contributed by atoms with Gasteiger partial charge in [0, 0.05) is 36.3 Å². The Morgan fingerprint density at radius 3 is 2.39 bits per heavy atom. The maximum atomic E-state index is 12.6. The molecule has 1 saturated heterocycles. The number of anilines is 1. The first-order valence-corrected chi connectivity index (χ1v) is 10.3. The molecule has 2 aromatic rings. The van der Waals surface area contributed by atoms with Gasteiger partial charge in [-0.25, -0.2) is 0 Å². The fraction of sp³-hybridized carbons (Fsp3) is 0.364. The summed E-state index contributed by atoms with van der Waals surface area (Å²) in [6, 6.07) is 13.8. The van der Waals surface area contributed by atoms with Crippen molar-refractivity contribution in [3.05, 3.63) is 63.6 Å². The monoisotopic (exact) mass is 443 g/mol. The highest BCUT2D eigenvalue weighted by Gasteiger charge is 2.23. The average Bonchev–Trinajstić information content (AvgIpc) is 2.66. The number of nitrogens with zero attached hydrogens (tertiary/aromatic N) is 2. The van der Waals surface area contributed by atoms with E-state index >= 15 is 0 Å². The summed E-state index contributed by atoms with van der Waals surface area (Å²) in [6.45, 7) is 7.10. The molecule has 3 rings (SSSR count). The number of hydrogen-bond acceptors (Lipinski definition) is 3. The van der Waals surface area contributed by atoms with Gasteiger partial charge in [-0.3, -0.25) is 14.5 Å². The van der Waals surface area contributed by atoms with E-state index in [0.717, 1.165) is 26.9 Å². The van der Waals surface area contributed by atoms with Crippen molar-refractivity contribution in [1.82, 2.24) is 9.80 Å². The van der Waals surface area contributed by atoms with E-state index in [9.17, 15) is 9.59 Å². The van der Waals surface area contributed by atoms with Crippen LogP contribution in [0.2, 0.25) is 0 Å². The zero-order chi connectivity index (χ0) is 20.1. The van der Waals surface area contributed by atoms with Crippen molar-refractivity contribution in [2.75, 3.05) is 38.0 Å². The minimum atomic E-state index is -0.0230. The Balaban J connectivity index is 1.46. The van der Waals surface area contributed by atoms with E-state index in [1.54, 1.807) is 0 Å². The van der Waals surface area contributed by atoms with Crippen LogP contribution in [0.25, 0.3) is 0 Å². The van der Waals surface area contributed by atoms with Gasteiger partial charge in [0.1, 0.15) is 0 Å². The van der Waals surface area contributed by atoms with Gasteiger partial charge >= 0.3 is 0 Å². The lowest BCUT2D eigenvalue weighted by Crippen LogP contribution is -2.50. The van der Waals surface area contributed by atoms with Crippen LogP contribution in [0.4, 0.5) is 5.69 Å². The van der Waals surface area contributed by atoms with Gasteiger partial charge in [-0.05, 0) is 48.7 Å². The molecule has 2 aromatic carbocycles. The standard InChI is InChI=1S/C22H26BrN3O2/c1-16-5-3-4-6-18(16)14-22(28)26-11-9-25(10-12-26)15-21(27)24-20-8-7-19(23)13-17(20)2/h3-8,13H,9-12,14-15H2,1-2H3,(H,24,27). The van der Waals surface area contributed by atoms with Gasteiger partial charge in [0.25, 0.3) is 0 Å². The predicted octanol–water partition coefficient (Wildman–Crippen LogP) is 3.39. The molecule has 0 spiro atoms. The fourth-order valence-corrected chi connectivity index (χ4v) is 3.87. The van der Waals surface area contributed by atoms with Gasteiger partial charge in [0.15, 0.2) is 0 Å². The van der Waals surface area contributed by atoms with Crippen LogP contribution in [-0.2, 0) is 16.0 Å². The molecule has 0 radical (unpaired) electrons. The molecule has 28 heavy (non-hydrogen) atoms. The van der Waals surface area contributed by atoms with Crippen molar-refractivity contribution in [1.29, 1.82) is 0 Å². The number of rotatable bonds is 5. The number of piperazine rings is 1. The maximum Gasteiger partial charge on any atom is 0.238 e. The minimum absolute atomic E-state index is 0.0230. The van der Waals surface area contributed by atoms with Gasteiger partial charge < -0.3 is 10.2 Å². The second-order valence-corrected chi connectivity index (χ2v) is 8.18. The number of hydrogen-bond donors (Lipinski definition) is 1. The van der Waals surface area contributed by atoms with Crippen LogP contribution < -0.4 is 5.32 Å². The molecule has 0 aromatic heterocycles. The van der Waals surface area contributed by atoms with Gasteiger partial charge in [0.2, 0.25) is 11.8 Å². The lowest BCUT2D eigenvalue weighted by atomic mass is 10.1. The Hall–Kier alpha value is -2.18. The predicted molar refractivity (Wildman–Crippen MR) is 115 cm³/mol. The Morgan fingerprint density at radius 2 is 1.71 bits per heavy atom. The molecule has 1 N–H and O–H groups in total. The van der Waals surface area contributed by atoms with Crippen LogP contribution in [0.1, 0.15) is 16.7 Å². The van der Waals surface area contributed by atoms with E-state index in [4.69, 9.17) is 0 Å². The third-order valence-electron chi connectivity index (χ3n) is 5.16. The van der Waals surface area contributed by atoms with Gasteiger partial charge in [-0.1, -0.05) is 40.2 Å². The average molecular weight is 444 g/mol. The Kier molecular flexibility index (Phi) is 6.86. The highest BCUT2D eigenvalue weighted by molar-refractivity contribution is 9.10. The molecule has 1 aliphatic heterocycles. The number of nitrogens with one attached hydrogen (secondary N) is 1. The summed E-state index contributed by atoms with van der Waals surface area (Å²) >= 11 is 3.43. The van der Waals surface area contributed by atoms with Crippen LogP contribution in [0.5, 0.6) is 0 Å². The van der Waals surface area contributed by atoms with E-state index in [0.29, 0.717) is 39.1 Å². The SMILES string of the molecule is Cc1ccccc1CC(=O)N1CCN(CC(=O)Nc2ccc(Br)cc2C)CC1. The van der Waals surface area contributed by atoms with Gasteiger partial charge in [0.05, 0.1) is 13.0 Å². The van der Waals surface area contributed by atoms with Gasteiger partial charge in [-0.2, -0.15) is 0 Å². The summed E-state index contributed by atoms with van der Waals surface area (Å²) in [6.07, 6.45) is 0.440. The molecular formula is C22H26BrN3O2. The summed E-state index contributed by atoms with van der Waals surface area (Å²) < 4.78 is 0.995. The van der Waals surface area contributed by atoms with Crippen LogP contribution in [0.15, 0.2) is 46.9 Å². The molecule has 6 heteroatoms. The summed E-state index contributed by atoms with van der Waals surface area (Å²) in [7, 11) is 0. The Bertz CT molecular complexity index is 861. The van der Waals surface area contributed by atoms with E-state index < -0.39 is 0 Å². The molecule has 5 nitrogen and oxygen atoms in total. The van der Waals surface area contributed by atoms with Crippen molar-refractivity contribution >= 4 is 33.4 Å². The molecule has 0 bridgehead atoms. The lowest BCUT2D eigenvalue weighted by Gasteiger charge is -2.34. The number of carbonyl (C=O) groups excluding carboxylic acids is 2. The van der Waals surface area contributed by atoms with Crippen molar-refractivity contribution < 1.29 is 9.59 Å².